The van der Waals surface area contributed by atoms with E-state index in [1.165, 1.54) is 31.3 Å². The summed E-state index contributed by atoms with van der Waals surface area (Å²) < 4.78 is 41.2. The molecule has 0 saturated heterocycles. The standard InChI is InChI=1S/C40H47N3O6S/c1-29-18-21-35(22-19-29)50(46,47)43(36-26-34(48-3)20-23-38(36)49-4)28-39(44)42(27-32-15-11-12-30(2)24-32)37(25-31-13-7-5-8-14-31)40(45)41-33-16-9-6-10-17-33/h5,7-8,11-15,18-24,26,33,37H,6,9-10,16-17,25,27-28H2,1-4H3,(H,41,45)/t37-/m0/s1. The number of ether oxygens (including phenoxy) is 2. The SMILES string of the molecule is COc1ccc(OC)c(N(CC(=O)N(Cc2cccc(C)c2)[C@@H](Cc2ccccc2)C(=O)NC2CCCCC2)S(=O)(=O)c2ccc(C)cc2)c1. The molecular formula is C40H47N3O6S. The molecule has 9 nitrogen and oxygen atoms in total. The quantitative estimate of drug-likeness (QED) is 0.159. The van der Waals surface area contributed by atoms with E-state index in [9.17, 15) is 18.0 Å². The summed E-state index contributed by atoms with van der Waals surface area (Å²) in [6.07, 6.45) is 5.23. The van der Waals surface area contributed by atoms with Gasteiger partial charge in [-0.05, 0) is 62.1 Å². The van der Waals surface area contributed by atoms with E-state index in [4.69, 9.17) is 9.47 Å². The summed E-state index contributed by atoms with van der Waals surface area (Å²) in [7, 11) is -1.39. The molecule has 5 rings (SSSR count). The zero-order chi connectivity index (χ0) is 35.7. The third-order valence-electron chi connectivity index (χ3n) is 9.20. The Kier molecular flexibility index (Phi) is 12.2. The minimum Gasteiger partial charge on any atom is -0.497 e. The largest absolute Gasteiger partial charge is 0.497 e. The normalized spacial score (nSPS) is 14.0. The fraction of sp³-hybridized carbons (Fsp3) is 0.350. The van der Waals surface area contributed by atoms with E-state index in [0.717, 1.165) is 58.7 Å². The Balaban J connectivity index is 1.61. The highest BCUT2D eigenvalue weighted by atomic mass is 32.2. The molecule has 1 fully saturated rings. The molecule has 1 aliphatic carbocycles. The highest BCUT2D eigenvalue weighted by Gasteiger charge is 2.36. The number of hydrogen-bond donors (Lipinski definition) is 1. The summed E-state index contributed by atoms with van der Waals surface area (Å²) in [5, 5.41) is 3.25. The Morgan fingerprint density at radius 1 is 0.800 bits per heavy atom. The topological polar surface area (TPSA) is 105 Å². The Bertz CT molecular complexity index is 1860. The summed E-state index contributed by atoms with van der Waals surface area (Å²) in [6, 6.07) is 27.8. The summed E-state index contributed by atoms with van der Waals surface area (Å²) in [6.45, 7) is 3.35. The van der Waals surface area contributed by atoms with Crippen molar-refractivity contribution in [2.75, 3.05) is 25.1 Å². The smallest absolute Gasteiger partial charge is 0.264 e. The maximum Gasteiger partial charge on any atom is 0.264 e. The van der Waals surface area contributed by atoms with Gasteiger partial charge in [0.25, 0.3) is 10.0 Å². The van der Waals surface area contributed by atoms with Crippen LogP contribution in [-0.4, -0.2) is 58.0 Å². The molecule has 264 valence electrons. The van der Waals surface area contributed by atoms with Gasteiger partial charge in [0.2, 0.25) is 11.8 Å². The molecule has 1 atom stereocenters. The monoisotopic (exact) mass is 697 g/mol. The summed E-state index contributed by atoms with van der Waals surface area (Å²) >= 11 is 0. The summed E-state index contributed by atoms with van der Waals surface area (Å²) in [5.41, 5.74) is 3.75. The minimum absolute atomic E-state index is 0.0156. The molecule has 0 heterocycles. The van der Waals surface area contributed by atoms with E-state index in [0.29, 0.717) is 5.75 Å². The van der Waals surface area contributed by atoms with Crippen molar-refractivity contribution in [1.82, 2.24) is 10.2 Å². The lowest BCUT2D eigenvalue weighted by molar-refractivity contribution is -0.140. The molecule has 50 heavy (non-hydrogen) atoms. The van der Waals surface area contributed by atoms with Crippen molar-refractivity contribution in [3.8, 4) is 11.5 Å². The lowest BCUT2D eigenvalue weighted by atomic mass is 9.94. The lowest BCUT2D eigenvalue weighted by Gasteiger charge is -2.35. The van der Waals surface area contributed by atoms with Crippen LogP contribution in [0, 0.1) is 13.8 Å². The zero-order valence-corrected chi connectivity index (χ0v) is 30.1. The number of aryl methyl sites for hydroxylation is 2. The lowest BCUT2D eigenvalue weighted by Crippen LogP contribution is -2.55. The average molecular weight is 698 g/mol. The first-order valence-corrected chi connectivity index (χ1v) is 18.5. The van der Waals surface area contributed by atoms with Crippen LogP contribution in [0.3, 0.4) is 0 Å². The Morgan fingerprint density at radius 2 is 1.50 bits per heavy atom. The molecule has 0 aliphatic heterocycles. The van der Waals surface area contributed by atoms with Crippen molar-refractivity contribution in [2.24, 2.45) is 0 Å². The van der Waals surface area contributed by atoms with Gasteiger partial charge in [-0.3, -0.25) is 13.9 Å². The van der Waals surface area contributed by atoms with Crippen LogP contribution in [0.25, 0.3) is 0 Å². The highest BCUT2D eigenvalue weighted by Crippen LogP contribution is 2.36. The number of methoxy groups -OCH3 is 2. The predicted molar refractivity (Wildman–Crippen MR) is 196 cm³/mol. The second kappa shape index (κ2) is 16.7. The Morgan fingerprint density at radius 3 is 2.16 bits per heavy atom. The molecule has 2 amide bonds. The van der Waals surface area contributed by atoms with Gasteiger partial charge in [-0.2, -0.15) is 0 Å². The summed E-state index contributed by atoms with van der Waals surface area (Å²) in [5.74, 6) is -0.154. The van der Waals surface area contributed by atoms with Gasteiger partial charge in [0.05, 0.1) is 24.8 Å². The average Bonchev–Trinajstić information content (AvgIpc) is 3.12. The first-order valence-electron chi connectivity index (χ1n) is 17.1. The second-order valence-electron chi connectivity index (χ2n) is 12.9. The molecule has 0 aromatic heterocycles. The summed E-state index contributed by atoms with van der Waals surface area (Å²) in [4.78, 5) is 30.8. The first kappa shape index (κ1) is 36.5. The van der Waals surface area contributed by atoms with Crippen molar-refractivity contribution in [1.29, 1.82) is 0 Å². The van der Waals surface area contributed by atoms with E-state index in [1.54, 1.807) is 30.3 Å². The van der Waals surface area contributed by atoms with E-state index in [2.05, 4.69) is 5.32 Å². The molecule has 0 radical (unpaired) electrons. The number of hydrogen-bond acceptors (Lipinski definition) is 6. The van der Waals surface area contributed by atoms with Crippen molar-refractivity contribution < 1.29 is 27.5 Å². The van der Waals surface area contributed by atoms with Crippen LogP contribution in [0.5, 0.6) is 11.5 Å². The van der Waals surface area contributed by atoms with Crippen molar-refractivity contribution >= 4 is 27.5 Å². The van der Waals surface area contributed by atoms with E-state index >= 15 is 0 Å². The molecule has 0 spiro atoms. The molecule has 0 bridgehead atoms. The van der Waals surface area contributed by atoms with Gasteiger partial charge in [0, 0.05) is 25.1 Å². The van der Waals surface area contributed by atoms with Crippen LogP contribution >= 0.6 is 0 Å². The van der Waals surface area contributed by atoms with Gasteiger partial charge in [-0.25, -0.2) is 8.42 Å². The van der Waals surface area contributed by atoms with Crippen LogP contribution < -0.4 is 19.1 Å². The van der Waals surface area contributed by atoms with Gasteiger partial charge in [0.1, 0.15) is 24.1 Å². The fourth-order valence-electron chi connectivity index (χ4n) is 6.45. The number of carbonyl (C=O) groups is 2. The minimum atomic E-state index is -4.31. The number of amides is 2. The molecule has 0 unspecified atom stereocenters. The number of rotatable bonds is 14. The first-order chi connectivity index (χ1) is 24.1. The number of sulfonamides is 1. The number of carbonyl (C=O) groups excluding carboxylic acids is 2. The van der Waals surface area contributed by atoms with Crippen LogP contribution in [0.15, 0.2) is 102 Å². The Labute approximate surface area is 296 Å². The maximum atomic E-state index is 14.9. The molecule has 1 aliphatic rings. The number of nitrogens with zero attached hydrogens (tertiary/aromatic N) is 2. The van der Waals surface area contributed by atoms with Gasteiger partial charge < -0.3 is 19.7 Å². The van der Waals surface area contributed by atoms with Crippen molar-refractivity contribution in [2.45, 2.75) is 75.9 Å². The van der Waals surface area contributed by atoms with E-state index in [-0.39, 0.29) is 41.2 Å². The van der Waals surface area contributed by atoms with Crippen LogP contribution in [0.4, 0.5) is 5.69 Å². The molecule has 4 aromatic carbocycles. The number of benzene rings is 4. The highest BCUT2D eigenvalue weighted by molar-refractivity contribution is 7.92. The van der Waals surface area contributed by atoms with Gasteiger partial charge in [-0.15, -0.1) is 0 Å². The third-order valence-corrected chi connectivity index (χ3v) is 11.0. The fourth-order valence-corrected chi connectivity index (χ4v) is 7.86. The van der Waals surface area contributed by atoms with Gasteiger partial charge in [-0.1, -0.05) is 97.1 Å². The van der Waals surface area contributed by atoms with Crippen molar-refractivity contribution in [3.63, 3.8) is 0 Å². The molecular weight excluding hydrogens is 651 g/mol. The van der Waals surface area contributed by atoms with Crippen molar-refractivity contribution in [3.05, 3.63) is 119 Å². The predicted octanol–water partition coefficient (Wildman–Crippen LogP) is 6.60. The molecule has 1 saturated carbocycles. The van der Waals surface area contributed by atoms with Gasteiger partial charge in [0.15, 0.2) is 0 Å². The Hall–Kier alpha value is -4.83. The number of nitrogens with one attached hydrogen (secondary N) is 1. The second-order valence-corrected chi connectivity index (χ2v) is 14.8. The van der Waals surface area contributed by atoms with Gasteiger partial charge >= 0.3 is 0 Å². The van der Waals surface area contributed by atoms with E-state index in [1.807, 2.05) is 68.4 Å². The third kappa shape index (κ3) is 9.04. The molecule has 1 N–H and O–H groups in total. The molecule has 10 heteroatoms. The van der Waals surface area contributed by atoms with Crippen LogP contribution in [-0.2, 0) is 32.6 Å². The maximum absolute atomic E-state index is 14.9. The van der Waals surface area contributed by atoms with E-state index < -0.39 is 28.5 Å². The van der Waals surface area contributed by atoms with Crippen LogP contribution in [0.1, 0.15) is 54.4 Å². The molecule has 4 aromatic rings. The van der Waals surface area contributed by atoms with Crippen LogP contribution in [0.2, 0.25) is 0 Å². The number of anilines is 1. The zero-order valence-electron chi connectivity index (χ0n) is 29.3.